The van der Waals surface area contributed by atoms with Crippen LogP contribution in [0.2, 0.25) is 0 Å². The third-order valence-electron chi connectivity index (χ3n) is 3.59. The van der Waals surface area contributed by atoms with Crippen LogP contribution >= 0.6 is 0 Å². The molecule has 3 aromatic heterocycles. The lowest BCUT2D eigenvalue weighted by molar-refractivity contribution is 0.103. The number of aryl methyl sites for hydroxylation is 1. The smallest absolute Gasteiger partial charge is 0.141 e. The topological polar surface area (TPSA) is 57.8 Å². The van der Waals surface area contributed by atoms with Gasteiger partial charge in [-0.05, 0) is 19.1 Å². The standard InChI is InChI=1S/C16H19N5O/c1-12(22-3)10-21-7-6-17-16(21)13-4-5-15(18-8-13)14-9-19-20(2)11-14/h4-9,11-12H,10H2,1-3H3. The van der Waals surface area contributed by atoms with E-state index in [-0.39, 0.29) is 6.10 Å². The van der Waals surface area contributed by atoms with Gasteiger partial charge in [-0.1, -0.05) is 0 Å². The van der Waals surface area contributed by atoms with Crippen LogP contribution in [-0.2, 0) is 18.3 Å². The van der Waals surface area contributed by atoms with Crippen molar-refractivity contribution in [3.8, 4) is 22.6 Å². The van der Waals surface area contributed by atoms with Gasteiger partial charge in [0.1, 0.15) is 5.82 Å². The van der Waals surface area contributed by atoms with E-state index in [1.807, 2.05) is 50.9 Å². The zero-order chi connectivity index (χ0) is 15.5. The summed E-state index contributed by atoms with van der Waals surface area (Å²) in [4.78, 5) is 8.95. The molecular weight excluding hydrogens is 278 g/mol. The fraction of sp³-hybridized carbons (Fsp3) is 0.312. The van der Waals surface area contributed by atoms with Crippen LogP contribution in [0.3, 0.4) is 0 Å². The molecule has 0 N–H and O–H groups in total. The summed E-state index contributed by atoms with van der Waals surface area (Å²) >= 11 is 0. The van der Waals surface area contributed by atoms with Crippen molar-refractivity contribution < 1.29 is 4.74 Å². The molecule has 3 aromatic rings. The van der Waals surface area contributed by atoms with Gasteiger partial charge < -0.3 is 9.30 Å². The Balaban J connectivity index is 1.86. The monoisotopic (exact) mass is 297 g/mol. The van der Waals surface area contributed by atoms with Gasteiger partial charge in [0.05, 0.1) is 24.5 Å². The van der Waals surface area contributed by atoms with Crippen molar-refractivity contribution in [1.82, 2.24) is 24.3 Å². The second-order valence-corrected chi connectivity index (χ2v) is 5.28. The molecule has 6 nitrogen and oxygen atoms in total. The van der Waals surface area contributed by atoms with Crippen molar-refractivity contribution in [2.75, 3.05) is 7.11 Å². The molecule has 3 heterocycles. The fourth-order valence-corrected chi connectivity index (χ4v) is 2.32. The number of nitrogens with zero attached hydrogens (tertiary/aromatic N) is 5. The van der Waals surface area contributed by atoms with E-state index in [1.165, 1.54) is 0 Å². The number of ether oxygens (including phenoxy) is 1. The molecular formula is C16H19N5O. The number of aromatic nitrogens is 5. The fourth-order valence-electron chi connectivity index (χ4n) is 2.32. The van der Waals surface area contributed by atoms with Gasteiger partial charge in [-0.2, -0.15) is 5.10 Å². The van der Waals surface area contributed by atoms with Crippen LogP contribution in [0, 0.1) is 0 Å². The number of methoxy groups -OCH3 is 1. The number of hydrogen-bond acceptors (Lipinski definition) is 4. The molecule has 3 rings (SSSR count). The molecule has 0 aliphatic heterocycles. The van der Waals surface area contributed by atoms with Crippen molar-refractivity contribution in [1.29, 1.82) is 0 Å². The van der Waals surface area contributed by atoms with Crippen LogP contribution in [0.1, 0.15) is 6.92 Å². The highest BCUT2D eigenvalue weighted by Gasteiger charge is 2.10. The zero-order valence-corrected chi connectivity index (χ0v) is 13.0. The molecule has 0 saturated carbocycles. The minimum absolute atomic E-state index is 0.135. The Morgan fingerprint density at radius 2 is 2.05 bits per heavy atom. The number of pyridine rings is 1. The van der Waals surface area contributed by atoms with E-state index in [1.54, 1.807) is 18.0 Å². The maximum absolute atomic E-state index is 5.32. The van der Waals surface area contributed by atoms with Crippen LogP contribution in [-0.4, -0.2) is 37.5 Å². The Kier molecular flexibility index (Phi) is 4.02. The molecule has 0 aromatic carbocycles. The van der Waals surface area contributed by atoms with E-state index in [9.17, 15) is 0 Å². The highest BCUT2D eigenvalue weighted by Crippen LogP contribution is 2.21. The summed E-state index contributed by atoms with van der Waals surface area (Å²) in [5.74, 6) is 0.897. The molecule has 114 valence electrons. The molecule has 0 amide bonds. The van der Waals surface area contributed by atoms with Gasteiger partial charge in [0, 0.05) is 50.1 Å². The van der Waals surface area contributed by atoms with Gasteiger partial charge in [0.25, 0.3) is 0 Å². The number of imidazole rings is 1. The Morgan fingerprint density at radius 3 is 2.68 bits per heavy atom. The molecule has 0 aliphatic rings. The maximum Gasteiger partial charge on any atom is 0.141 e. The quantitative estimate of drug-likeness (QED) is 0.725. The summed E-state index contributed by atoms with van der Waals surface area (Å²) < 4.78 is 9.17. The lowest BCUT2D eigenvalue weighted by Gasteiger charge is -2.13. The Labute approximate surface area is 129 Å². The van der Waals surface area contributed by atoms with E-state index < -0.39 is 0 Å². The van der Waals surface area contributed by atoms with Crippen molar-refractivity contribution >= 4 is 0 Å². The zero-order valence-electron chi connectivity index (χ0n) is 13.0. The molecule has 0 bridgehead atoms. The molecule has 6 heteroatoms. The lowest BCUT2D eigenvalue weighted by Crippen LogP contribution is -2.14. The van der Waals surface area contributed by atoms with E-state index in [4.69, 9.17) is 4.74 Å². The van der Waals surface area contributed by atoms with Crippen LogP contribution in [0.25, 0.3) is 22.6 Å². The largest absolute Gasteiger partial charge is 0.380 e. The second-order valence-electron chi connectivity index (χ2n) is 5.28. The predicted molar refractivity (Wildman–Crippen MR) is 84.1 cm³/mol. The van der Waals surface area contributed by atoms with Crippen LogP contribution < -0.4 is 0 Å². The molecule has 1 atom stereocenters. The highest BCUT2D eigenvalue weighted by molar-refractivity contribution is 5.62. The molecule has 0 fully saturated rings. The lowest BCUT2D eigenvalue weighted by atomic mass is 10.2. The first-order valence-electron chi connectivity index (χ1n) is 7.16. The molecule has 0 spiro atoms. The van der Waals surface area contributed by atoms with E-state index >= 15 is 0 Å². The van der Waals surface area contributed by atoms with Crippen molar-refractivity contribution in [3.05, 3.63) is 43.1 Å². The maximum atomic E-state index is 5.32. The SMILES string of the molecule is COC(C)Cn1ccnc1-c1ccc(-c2cnn(C)c2)nc1. The van der Waals surface area contributed by atoms with E-state index in [0.29, 0.717) is 0 Å². The molecule has 0 aliphatic carbocycles. The average Bonchev–Trinajstić information content (AvgIpc) is 3.16. The Hall–Kier alpha value is -2.47. The molecule has 0 radical (unpaired) electrons. The summed E-state index contributed by atoms with van der Waals surface area (Å²) in [5, 5.41) is 4.17. The van der Waals surface area contributed by atoms with Crippen LogP contribution in [0.4, 0.5) is 0 Å². The molecule has 1 unspecified atom stereocenters. The van der Waals surface area contributed by atoms with Crippen molar-refractivity contribution in [3.63, 3.8) is 0 Å². The molecule has 0 saturated heterocycles. The first-order valence-corrected chi connectivity index (χ1v) is 7.16. The first-order chi connectivity index (χ1) is 10.7. The van der Waals surface area contributed by atoms with Gasteiger partial charge in [0.15, 0.2) is 0 Å². The Morgan fingerprint density at radius 1 is 1.18 bits per heavy atom. The minimum Gasteiger partial charge on any atom is -0.380 e. The third kappa shape index (κ3) is 2.92. The summed E-state index contributed by atoms with van der Waals surface area (Å²) in [6.45, 7) is 2.80. The summed E-state index contributed by atoms with van der Waals surface area (Å²) in [6, 6.07) is 4.02. The normalized spacial score (nSPS) is 12.5. The molecule has 22 heavy (non-hydrogen) atoms. The number of hydrogen-bond donors (Lipinski definition) is 0. The van der Waals surface area contributed by atoms with E-state index in [2.05, 4.69) is 19.6 Å². The third-order valence-corrected chi connectivity index (χ3v) is 3.59. The summed E-state index contributed by atoms with van der Waals surface area (Å²) in [7, 11) is 3.61. The van der Waals surface area contributed by atoms with Crippen molar-refractivity contribution in [2.24, 2.45) is 7.05 Å². The van der Waals surface area contributed by atoms with Gasteiger partial charge in [-0.15, -0.1) is 0 Å². The summed E-state index contributed by atoms with van der Waals surface area (Å²) in [6.07, 6.45) is 9.49. The first kappa shape index (κ1) is 14.5. The summed E-state index contributed by atoms with van der Waals surface area (Å²) in [5.41, 5.74) is 2.89. The average molecular weight is 297 g/mol. The Bertz CT molecular complexity index is 744. The second kappa shape index (κ2) is 6.11. The van der Waals surface area contributed by atoms with Gasteiger partial charge in [-0.25, -0.2) is 4.98 Å². The van der Waals surface area contributed by atoms with Crippen LogP contribution in [0.5, 0.6) is 0 Å². The number of rotatable bonds is 5. The predicted octanol–water partition coefficient (Wildman–Crippen LogP) is 2.38. The van der Waals surface area contributed by atoms with Gasteiger partial charge >= 0.3 is 0 Å². The van der Waals surface area contributed by atoms with Gasteiger partial charge in [0.2, 0.25) is 0 Å². The highest BCUT2D eigenvalue weighted by atomic mass is 16.5. The minimum atomic E-state index is 0.135. The van der Waals surface area contributed by atoms with E-state index in [0.717, 1.165) is 29.2 Å². The van der Waals surface area contributed by atoms with Crippen molar-refractivity contribution in [2.45, 2.75) is 19.6 Å². The van der Waals surface area contributed by atoms with Gasteiger partial charge in [-0.3, -0.25) is 9.67 Å². The van der Waals surface area contributed by atoms with Crippen LogP contribution in [0.15, 0.2) is 43.1 Å².